The lowest BCUT2D eigenvalue weighted by atomic mass is 9.91. The molecule has 2 heterocycles. The minimum atomic E-state index is -0.223. The largest absolute Gasteiger partial charge is 0.361 e. The lowest BCUT2D eigenvalue weighted by Gasteiger charge is -2.18. The minimum Gasteiger partial charge on any atom is -0.361 e. The van der Waals surface area contributed by atoms with Gasteiger partial charge in [0.2, 0.25) is 0 Å². The molecule has 128 valence electrons. The molecule has 2 aromatic carbocycles. The number of H-pyrrole nitrogens is 1. The van der Waals surface area contributed by atoms with E-state index in [0.717, 1.165) is 22.0 Å². The van der Waals surface area contributed by atoms with E-state index in [1.165, 1.54) is 12.4 Å². The second-order valence-electron chi connectivity index (χ2n) is 6.05. The van der Waals surface area contributed by atoms with E-state index in [1.54, 1.807) is 6.20 Å². The Morgan fingerprint density at radius 3 is 2.65 bits per heavy atom. The Hall–Kier alpha value is -3.47. The summed E-state index contributed by atoms with van der Waals surface area (Å²) >= 11 is 0. The Balaban J connectivity index is 1.65. The van der Waals surface area contributed by atoms with Gasteiger partial charge in [-0.3, -0.25) is 9.78 Å². The molecule has 0 bridgehead atoms. The summed E-state index contributed by atoms with van der Waals surface area (Å²) in [6.45, 7) is 0.473. The quantitative estimate of drug-likeness (QED) is 0.583. The number of benzene rings is 2. The third-order valence-corrected chi connectivity index (χ3v) is 4.46. The fourth-order valence-corrected chi connectivity index (χ4v) is 3.18. The third-order valence-electron chi connectivity index (χ3n) is 4.46. The van der Waals surface area contributed by atoms with E-state index < -0.39 is 0 Å². The number of amides is 1. The predicted molar refractivity (Wildman–Crippen MR) is 101 cm³/mol. The van der Waals surface area contributed by atoms with Gasteiger partial charge in [-0.25, -0.2) is 4.98 Å². The van der Waals surface area contributed by atoms with Crippen LogP contribution in [0.4, 0.5) is 0 Å². The lowest BCUT2D eigenvalue weighted by Crippen LogP contribution is -2.29. The summed E-state index contributed by atoms with van der Waals surface area (Å²) in [5, 5.41) is 4.16. The van der Waals surface area contributed by atoms with Gasteiger partial charge in [-0.15, -0.1) is 0 Å². The molecular weight excluding hydrogens is 324 g/mol. The van der Waals surface area contributed by atoms with E-state index in [4.69, 9.17) is 0 Å². The maximum Gasteiger partial charge on any atom is 0.271 e. The van der Waals surface area contributed by atoms with Gasteiger partial charge in [0.15, 0.2) is 0 Å². The van der Waals surface area contributed by atoms with Gasteiger partial charge in [-0.05, 0) is 17.2 Å². The molecule has 0 spiro atoms. The molecule has 0 fully saturated rings. The molecule has 5 nitrogen and oxygen atoms in total. The fourth-order valence-electron chi connectivity index (χ4n) is 3.18. The first kappa shape index (κ1) is 16.0. The van der Waals surface area contributed by atoms with Crippen LogP contribution in [0.25, 0.3) is 10.9 Å². The highest BCUT2D eigenvalue weighted by Crippen LogP contribution is 2.30. The normalized spacial score (nSPS) is 12.0. The standard InChI is InChI=1S/C21H18N4O/c26-21(20-14-22-10-11-23-20)25-12-17(15-6-2-1-3-7-15)18-13-24-19-9-5-4-8-16(18)19/h1-11,13-14,17,24H,12H2,(H,25,26)/t17-/m1/s1. The highest BCUT2D eigenvalue weighted by Gasteiger charge is 2.19. The van der Waals surface area contributed by atoms with Crippen molar-refractivity contribution in [2.24, 2.45) is 0 Å². The zero-order valence-corrected chi connectivity index (χ0v) is 14.1. The zero-order chi connectivity index (χ0) is 17.8. The highest BCUT2D eigenvalue weighted by molar-refractivity contribution is 5.92. The topological polar surface area (TPSA) is 70.7 Å². The first-order valence-electron chi connectivity index (χ1n) is 8.48. The van der Waals surface area contributed by atoms with Crippen LogP contribution in [0.15, 0.2) is 79.4 Å². The number of fused-ring (bicyclic) bond motifs is 1. The molecule has 0 radical (unpaired) electrons. The maximum atomic E-state index is 12.4. The summed E-state index contributed by atoms with van der Waals surface area (Å²) in [5.41, 5.74) is 3.71. The molecule has 0 saturated heterocycles. The summed E-state index contributed by atoms with van der Waals surface area (Å²) in [6.07, 6.45) is 6.56. The third kappa shape index (κ3) is 3.19. The van der Waals surface area contributed by atoms with Gasteiger partial charge in [0, 0.05) is 42.0 Å². The number of nitrogens with one attached hydrogen (secondary N) is 2. The smallest absolute Gasteiger partial charge is 0.271 e. The minimum absolute atomic E-state index is 0.0352. The number of carbonyl (C=O) groups is 1. The predicted octanol–water partition coefficient (Wildman–Crippen LogP) is 3.52. The van der Waals surface area contributed by atoms with Crippen LogP contribution in [0.2, 0.25) is 0 Å². The Morgan fingerprint density at radius 1 is 1.04 bits per heavy atom. The van der Waals surface area contributed by atoms with E-state index in [-0.39, 0.29) is 11.8 Å². The number of aromatic amines is 1. The van der Waals surface area contributed by atoms with Crippen LogP contribution in [-0.4, -0.2) is 27.4 Å². The van der Waals surface area contributed by atoms with Crippen molar-refractivity contribution < 1.29 is 4.79 Å². The first-order chi connectivity index (χ1) is 12.8. The lowest BCUT2D eigenvalue weighted by molar-refractivity contribution is 0.0947. The van der Waals surface area contributed by atoms with E-state index in [9.17, 15) is 4.79 Å². The average molecular weight is 342 g/mol. The van der Waals surface area contributed by atoms with Crippen LogP contribution < -0.4 is 5.32 Å². The van der Waals surface area contributed by atoms with Gasteiger partial charge in [0.1, 0.15) is 5.69 Å². The molecule has 0 unspecified atom stereocenters. The fraction of sp³-hybridized carbons (Fsp3) is 0.0952. The van der Waals surface area contributed by atoms with E-state index >= 15 is 0 Å². The first-order valence-corrected chi connectivity index (χ1v) is 8.48. The van der Waals surface area contributed by atoms with Gasteiger partial charge in [0.05, 0.1) is 6.20 Å². The number of carbonyl (C=O) groups excluding carboxylic acids is 1. The van der Waals surface area contributed by atoms with E-state index in [0.29, 0.717) is 12.2 Å². The average Bonchev–Trinajstić information content (AvgIpc) is 3.14. The molecule has 1 atom stereocenters. The number of rotatable bonds is 5. The summed E-state index contributed by atoms with van der Waals surface area (Å²) in [4.78, 5) is 23.7. The molecule has 4 aromatic rings. The van der Waals surface area contributed by atoms with Gasteiger partial charge in [0.25, 0.3) is 5.91 Å². The molecule has 0 aliphatic heterocycles. The van der Waals surface area contributed by atoms with Crippen molar-refractivity contribution in [3.8, 4) is 0 Å². The monoisotopic (exact) mass is 342 g/mol. The summed E-state index contributed by atoms with van der Waals surface area (Å²) in [6, 6.07) is 18.4. The van der Waals surface area contributed by atoms with Crippen molar-refractivity contribution in [3.63, 3.8) is 0 Å². The number of hydrogen-bond acceptors (Lipinski definition) is 3. The number of nitrogens with zero attached hydrogens (tertiary/aromatic N) is 2. The number of para-hydroxylation sites is 1. The Kier molecular flexibility index (Phi) is 4.43. The molecule has 4 rings (SSSR count). The molecule has 0 saturated carbocycles. The van der Waals surface area contributed by atoms with Crippen molar-refractivity contribution in [3.05, 3.63) is 96.2 Å². The zero-order valence-electron chi connectivity index (χ0n) is 14.1. The van der Waals surface area contributed by atoms with Crippen molar-refractivity contribution in [1.82, 2.24) is 20.3 Å². The Morgan fingerprint density at radius 2 is 1.85 bits per heavy atom. The number of hydrogen-bond donors (Lipinski definition) is 2. The molecular formula is C21H18N4O. The van der Waals surface area contributed by atoms with Crippen LogP contribution in [0.1, 0.15) is 27.5 Å². The molecule has 2 N–H and O–H groups in total. The summed E-state index contributed by atoms with van der Waals surface area (Å²) in [5.74, 6) is -0.188. The van der Waals surface area contributed by atoms with Gasteiger partial charge in [-0.2, -0.15) is 0 Å². The van der Waals surface area contributed by atoms with Crippen LogP contribution in [-0.2, 0) is 0 Å². The van der Waals surface area contributed by atoms with Crippen LogP contribution in [0.3, 0.4) is 0 Å². The second-order valence-corrected chi connectivity index (χ2v) is 6.05. The van der Waals surface area contributed by atoms with Crippen molar-refractivity contribution >= 4 is 16.8 Å². The molecule has 0 aliphatic rings. The van der Waals surface area contributed by atoms with Gasteiger partial charge >= 0.3 is 0 Å². The van der Waals surface area contributed by atoms with Crippen LogP contribution >= 0.6 is 0 Å². The summed E-state index contributed by atoms with van der Waals surface area (Å²) < 4.78 is 0. The maximum absolute atomic E-state index is 12.4. The molecule has 26 heavy (non-hydrogen) atoms. The second kappa shape index (κ2) is 7.19. The Labute approximate surface area is 151 Å². The highest BCUT2D eigenvalue weighted by atomic mass is 16.1. The van der Waals surface area contributed by atoms with Crippen molar-refractivity contribution in [2.75, 3.05) is 6.54 Å². The van der Waals surface area contributed by atoms with Crippen molar-refractivity contribution in [2.45, 2.75) is 5.92 Å². The van der Waals surface area contributed by atoms with Gasteiger partial charge < -0.3 is 10.3 Å². The van der Waals surface area contributed by atoms with Crippen molar-refractivity contribution in [1.29, 1.82) is 0 Å². The van der Waals surface area contributed by atoms with E-state index in [2.05, 4.69) is 44.5 Å². The van der Waals surface area contributed by atoms with Crippen LogP contribution in [0.5, 0.6) is 0 Å². The molecule has 1 amide bonds. The molecule has 2 aromatic heterocycles. The molecule has 5 heteroatoms. The van der Waals surface area contributed by atoms with Crippen LogP contribution in [0, 0.1) is 0 Å². The number of aromatic nitrogens is 3. The Bertz CT molecular complexity index is 1010. The molecule has 0 aliphatic carbocycles. The summed E-state index contributed by atoms with van der Waals surface area (Å²) in [7, 11) is 0. The SMILES string of the molecule is O=C(NC[C@H](c1ccccc1)c1c[nH]c2ccccc12)c1cnccn1. The van der Waals surface area contributed by atoms with Gasteiger partial charge in [-0.1, -0.05) is 48.5 Å². The van der Waals surface area contributed by atoms with E-state index in [1.807, 2.05) is 36.5 Å².